The summed E-state index contributed by atoms with van der Waals surface area (Å²) in [6, 6.07) is 5.91. The van der Waals surface area contributed by atoms with Crippen molar-refractivity contribution in [1.29, 1.82) is 0 Å². The van der Waals surface area contributed by atoms with Crippen molar-refractivity contribution in [3.8, 4) is 11.5 Å². The van der Waals surface area contributed by atoms with Gasteiger partial charge in [0, 0.05) is 24.7 Å². The Balaban J connectivity index is 1.67. The number of amides is 3. The zero-order valence-electron chi connectivity index (χ0n) is 17.5. The van der Waals surface area contributed by atoms with E-state index in [4.69, 9.17) is 4.42 Å². The summed E-state index contributed by atoms with van der Waals surface area (Å²) in [7, 11) is -3.62. The molecule has 12 heteroatoms. The van der Waals surface area contributed by atoms with Crippen molar-refractivity contribution in [1.82, 2.24) is 25.1 Å². The van der Waals surface area contributed by atoms with E-state index in [9.17, 15) is 18.0 Å². The van der Waals surface area contributed by atoms with Gasteiger partial charge in [-0.1, -0.05) is 31.7 Å². The number of nitrogens with one attached hydrogen (secondary N) is 2. The van der Waals surface area contributed by atoms with Gasteiger partial charge in [0.15, 0.2) is 0 Å². The summed E-state index contributed by atoms with van der Waals surface area (Å²) >= 11 is 1.01. The molecule has 0 saturated heterocycles. The number of sulfonamides is 1. The summed E-state index contributed by atoms with van der Waals surface area (Å²) in [5, 5.41) is 12.3. The third-order valence-electron chi connectivity index (χ3n) is 4.63. The number of aromatic nitrogens is 2. The number of benzene rings is 1. The maximum atomic E-state index is 12.7. The van der Waals surface area contributed by atoms with Crippen LogP contribution < -0.4 is 10.6 Å². The number of thioether (sulfide) groups is 1. The summed E-state index contributed by atoms with van der Waals surface area (Å²) in [6.07, 6.45) is 1.85. The van der Waals surface area contributed by atoms with Gasteiger partial charge in [0.2, 0.25) is 21.8 Å². The first-order valence-electron chi connectivity index (χ1n) is 9.96. The molecule has 1 aromatic heterocycles. The first-order chi connectivity index (χ1) is 14.7. The van der Waals surface area contributed by atoms with Crippen LogP contribution in [-0.4, -0.2) is 59.2 Å². The smallest absolute Gasteiger partial charge is 0.321 e. The number of rotatable bonds is 9. The molecule has 1 aliphatic carbocycles. The molecule has 0 bridgehead atoms. The average molecular weight is 468 g/mol. The van der Waals surface area contributed by atoms with Crippen LogP contribution in [0.25, 0.3) is 11.5 Å². The average Bonchev–Trinajstić information content (AvgIpc) is 3.42. The molecule has 31 heavy (non-hydrogen) atoms. The fourth-order valence-corrected chi connectivity index (χ4v) is 4.93. The summed E-state index contributed by atoms with van der Waals surface area (Å²) in [4.78, 5) is 24.0. The zero-order valence-corrected chi connectivity index (χ0v) is 19.1. The van der Waals surface area contributed by atoms with E-state index in [1.54, 1.807) is 32.9 Å². The van der Waals surface area contributed by atoms with Crippen molar-refractivity contribution < 1.29 is 22.4 Å². The number of carbonyl (C=O) groups is 2. The SMILES string of the molecule is CCN(CC)S(=O)(=O)c1cccc(-c2nnc(SC(C)C(=O)NC(=O)NC3CC3)o2)c1. The fraction of sp³-hybridized carbons (Fsp3) is 0.474. The van der Waals surface area contributed by atoms with Crippen LogP contribution in [0.15, 0.2) is 38.8 Å². The Labute approximate surface area is 185 Å². The van der Waals surface area contributed by atoms with Crippen molar-refractivity contribution in [3.63, 3.8) is 0 Å². The quantitative estimate of drug-likeness (QED) is 0.536. The Hall–Kier alpha value is -2.44. The van der Waals surface area contributed by atoms with E-state index >= 15 is 0 Å². The van der Waals surface area contributed by atoms with E-state index in [0.29, 0.717) is 18.7 Å². The Bertz CT molecular complexity index is 1050. The Morgan fingerprint density at radius 1 is 1.26 bits per heavy atom. The molecule has 168 valence electrons. The number of hydrogen-bond donors (Lipinski definition) is 2. The van der Waals surface area contributed by atoms with Gasteiger partial charge >= 0.3 is 6.03 Å². The molecule has 1 fully saturated rings. The lowest BCUT2D eigenvalue weighted by Gasteiger charge is -2.18. The van der Waals surface area contributed by atoms with Gasteiger partial charge in [-0.25, -0.2) is 13.2 Å². The zero-order chi connectivity index (χ0) is 22.6. The van der Waals surface area contributed by atoms with Crippen LogP contribution in [0.2, 0.25) is 0 Å². The van der Waals surface area contributed by atoms with Crippen molar-refractivity contribution in [2.75, 3.05) is 13.1 Å². The minimum atomic E-state index is -3.62. The molecule has 2 N–H and O–H groups in total. The van der Waals surface area contributed by atoms with Crippen LogP contribution in [-0.2, 0) is 14.8 Å². The van der Waals surface area contributed by atoms with Gasteiger partial charge in [-0.15, -0.1) is 10.2 Å². The van der Waals surface area contributed by atoms with Crippen molar-refractivity contribution in [2.45, 2.75) is 55.0 Å². The summed E-state index contributed by atoms with van der Waals surface area (Å²) in [6.45, 7) is 5.90. The van der Waals surface area contributed by atoms with E-state index < -0.39 is 27.2 Å². The van der Waals surface area contributed by atoms with Gasteiger partial charge in [0.1, 0.15) is 0 Å². The summed E-state index contributed by atoms with van der Waals surface area (Å²) < 4.78 is 32.4. The second kappa shape index (κ2) is 9.79. The molecule has 0 aliphatic heterocycles. The molecule has 1 unspecified atom stereocenters. The van der Waals surface area contributed by atoms with Crippen LogP contribution in [0, 0.1) is 0 Å². The second-order valence-corrected chi connectivity index (χ2v) is 10.2. The first kappa shape index (κ1) is 23.2. The topological polar surface area (TPSA) is 134 Å². The Morgan fingerprint density at radius 3 is 2.61 bits per heavy atom. The lowest BCUT2D eigenvalue weighted by Crippen LogP contribution is -2.43. The molecule has 1 aliphatic rings. The Kier molecular flexibility index (Phi) is 7.34. The minimum absolute atomic E-state index is 0.135. The fourth-order valence-electron chi connectivity index (χ4n) is 2.74. The lowest BCUT2D eigenvalue weighted by molar-refractivity contribution is -0.119. The molecule has 3 rings (SSSR count). The number of nitrogens with zero attached hydrogens (tertiary/aromatic N) is 3. The number of urea groups is 1. The molecular formula is C19H25N5O5S2. The Morgan fingerprint density at radius 2 is 1.97 bits per heavy atom. The largest absolute Gasteiger partial charge is 0.411 e. The van der Waals surface area contributed by atoms with Crippen molar-refractivity contribution in [3.05, 3.63) is 24.3 Å². The van der Waals surface area contributed by atoms with Crippen LogP contribution in [0.3, 0.4) is 0 Å². The van der Waals surface area contributed by atoms with E-state index in [1.807, 2.05) is 0 Å². The maximum Gasteiger partial charge on any atom is 0.321 e. The minimum Gasteiger partial charge on any atom is -0.411 e. The first-order valence-corrected chi connectivity index (χ1v) is 12.3. The van der Waals surface area contributed by atoms with Gasteiger partial charge in [-0.05, 0) is 38.0 Å². The van der Waals surface area contributed by atoms with Crippen LogP contribution >= 0.6 is 11.8 Å². The molecule has 3 amide bonds. The van der Waals surface area contributed by atoms with E-state index in [2.05, 4.69) is 20.8 Å². The number of imide groups is 1. The van der Waals surface area contributed by atoms with Gasteiger partial charge in [-0.3, -0.25) is 10.1 Å². The molecule has 2 aromatic rings. The van der Waals surface area contributed by atoms with Gasteiger partial charge in [0.25, 0.3) is 5.22 Å². The predicted octanol–water partition coefficient (Wildman–Crippen LogP) is 2.24. The highest BCUT2D eigenvalue weighted by Crippen LogP contribution is 2.28. The summed E-state index contributed by atoms with van der Waals surface area (Å²) in [5.41, 5.74) is 0.452. The van der Waals surface area contributed by atoms with Crippen LogP contribution in [0.1, 0.15) is 33.6 Å². The highest BCUT2D eigenvalue weighted by molar-refractivity contribution is 8.00. The normalized spacial score (nSPS) is 15.0. The van der Waals surface area contributed by atoms with Crippen molar-refractivity contribution >= 4 is 33.7 Å². The maximum absolute atomic E-state index is 12.7. The second-order valence-electron chi connectivity index (χ2n) is 6.99. The third kappa shape index (κ3) is 5.83. The number of hydrogen-bond acceptors (Lipinski definition) is 8. The summed E-state index contributed by atoms with van der Waals surface area (Å²) in [5.74, 6) is -0.339. The molecule has 0 radical (unpaired) electrons. The van der Waals surface area contributed by atoms with Crippen molar-refractivity contribution in [2.24, 2.45) is 0 Å². The van der Waals surface area contributed by atoms with E-state index in [1.165, 1.54) is 16.4 Å². The highest BCUT2D eigenvalue weighted by Gasteiger charge is 2.26. The standard InChI is InChI=1S/C19H25N5O5S2/c1-4-24(5-2)31(27,28)15-8-6-7-13(11-15)17-22-23-19(29-17)30-12(3)16(25)21-18(26)20-14-9-10-14/h6-8,11-12,14H,4-5,9-10H2,1-3H3,(H2,20,21,25,26). The van der Waals surface area contributed by atoms with E-state index in [-0.39, 0.29) is 22.1 Å². The molecule has 1 saturated carbocycles. The molecule has 1 aromatic carbocycles. The van der Waals surface area contributed by atoms with Gasteiger partial charge in [0.05, 0.1) is 10.1 Å². The molecule has 1 atom stereocenters. The number of carbonyl (C=O) groups excluding carboxylic acids is 2. The lowest BCUT2D eigenvalue weighted by atomic mass is 10.2. The predicted molar refractivity (Wildman–Crippen MR) is 115 cm³/mol. The highest BCUT2D eigenvalue weighted by atomic mass is 32.2. The molecule has 10 nitrogen and oxygen atoms in total. The van der Waals surface area contributed by atoms with E-state index in [0.717, 1.165) is 24.6 Å². The molecule has 0 spiro atoms. The van der Waals surface area contributed by atoms with Gasteiger partial charge in [-0.2, -0.15) is 4.31 Å². The van der Waals surface area contributed by atoms with Crippen LogP contribution in [0.5, 0.6) is 0 Å². The third-order valence-corrected chi connectivity index (χ3v) is 7.61. The van der Waals surface area contributed by atoms with Crippen LogP contribution in [0.4, 0.5) is 4.79 Å². The van der Waals surface area contributed by atoms with Gasteiger partial charge < -0.3 is 9.73 Å². The molecule has 1 heterocycles. The monoisotopic (exact) mass is 467 g/mol. The molecular weight excluding hydrogens is 442 g/mol.